The number of aliphatic hydroxyl groups excluding tert-OH is 1. The van der Waals surface area contributed by atoms with E-state index in [0.29, 0.717) is 6.54 Å². The third-order valence-electron chi connectivity index (χ3n) is 4.58. The van der Waals surface area contributed by atoms with E-state index >= 15 is 0 Å². The fourth-order valence-electron chi connectivity index (χ4n) is 3.39. The monoisotopic (exact) mass is 304 g/mol. The summed E-state index contributed by atoms with van der Waals surface area (Å²) in [5, 5.41) is 12.4. The molecule has 2 atom stereocenters. The molecule has 0 bridgehead atoms. The highest BCUT2D eigenvalue weighted by molar-refractivity contribution is 5.78. The molecule has 6 nitrogen and oxygen atoms in total. The molecular weight excluding hydrogens is 280 g/mol. The van der Waals surface area contributed by atoms with Crippen LogP contribution >= 0.6 is 0 Å². The average Bonchev–Trinajstić information content (AvgIpc) is 3.17. The maximum Gasteiger partial charge on any atom is 0.234 e. The van der Waals surface area contributed by atoms with Gasteiger partial charge in [-0.1, -0.05) is 6.07 Å². The summed E-state index contributed by atoms with van der Waals surface area (Å²) in [5.41, 5.74) is 0. The van der Waals surface area contributed by atoms with Crippen molar-refractivity contribution in [3.05, 3.63) is 24.4 Å². The van der Waals surface area contributed by atoms with Crippen LogP contribution in [-0.2, 0) is 4.79 Å². The lowest BCUT2D eigenvalue weighted by molar-refractivity contribution is -0.123. The lowest BCUT2D eigenvalue weighted by Gasteiger charge is -2.23. The number of carbonyl (C=O) groups is 1. The summed E-state index contributed by atoms with van der Waals surface area (Å²) in [4.78, 5) is 20.8. The van der Waals surface area contributed by atoms with E-state index in [0.717, 1.165) is 44.7 Å². The Kier molecular flexibility index (Phi) is 4.90. The summed E-state index contributed by atoms with van der Waals surface area (Å²) < 4.78 is 0. The molecule has 22 heavy (non-hydrogen) atoms. The Hall–Kier alpha value is -1.66. The molecule has 0 spiro atoms. The molecule has 6 heteroatoms. The molecule has 2 N–H and O–H groups in total. The first-order valence-electron chi connectivity index (χ1n) is 8.06. The van der Waals surface area contributed by atoms with Gasteiger partial charge in [0.1, 0.15) is 5.82 Å². The minimum absolute atomic E-state index is 0.0632. The molecule has 2 aliphatic heterocycles. The van der Waals surface area contributed by atoms with Crippen LogP contribution in [0.25, 0.3) is 0 Å². The largest absolute Gasteiger partial charge is 0.395 e. The van der Waals surface area contributed by atoms with E-state index in [4.69, 9.17) is 0 Å². The second-order valence-corrected chi connectivity index (χ2v) is 6.14. The van der Waals surface area contributed by atoms with Gasteiger partial charge in [0.05, 0.1) is 13.2 Å². The van der Waals surface area contributed by atoms with Gasteiger partial charge in [-0.2, -0.15) is 0 Å². The van der Waals surface area contributed by atoms with Crippen molar-refractivity contribution >= 4 is 11.7 Å². The van der Waals surface area contributed by atoms with Gasteiger partial charge in [-0.25, -0.2) is 4.98 Å². The van der Waals surface area contributed by atoms with E-state index in [1.165, 1.54) is 0 Å². The molecule has 2 aliphatic rings. The van der Waals surface area contributed by atoms with Gasteiger partial charge in [0, 0.05) is 31.4 Å². The van der Waals surface area contributed by atoms with E-state index in [1.54, 1.807) is 6.20 Å². The highest BCUT2D eigenvalue weighted by Crippen LogP contribution is 2.18. The molecule has 1 aromatic heterocycles. The minimum Gasteiger partial charge on any atom is -0.395 e. The number of pyridine rings is 1. The number of nitrogens with zero attached hydrogens (tertiary/aromatic N) is 3. The van der Waals surface area contributed by atoms with Crippen LogP contribution in [0.4, 0.5) is 5.82 Å². The van der Waals surface area contributed by atoms with Crippen LogP contribution in [0.15, 0.2) is 24.4 Å². The first kappa shape index (κ1) is 15.2. The zero-order valence-electron chi connectivity index (χ0n) is 12.8. The molecule has 1 aromatic rings. The van der Waals surface area contributed by atoms with Crippen LogP contribution in [0.2, 0.25) is 0 Å². The van der Waals surface area contributed by atoms with Crippen molar-refractivity contribution in [2.75, 3.05) is 37.7 Å². The van der Waals surface area contributed by atoms with E-state index in [9.17, 15) is 9.90 Å². The number of nitrogens with one attached hydrogen (secondary N) is 1. The van der Waals surface area contributed by atoms with E-state index in [1.807, 2.05) is 18.2 Å². The van der Waals surface area contributed by atoms with Gasteiger partial charge in [-0.05, 0) is 37.9 Å². The Morgan fingerprint density at radius 3 is 3.05 bits per heavy atom. The van der Waals surface area contributed by atoms with Crippen molar-refractivity contribution in [3.8, 4) is 0 Å². The molecule has 0 unspecified atom stereocenters. The Balaban J connectivity index is 1.47. The molecule has 120 valence electrons. The van der Waals surface area contributed by atoms with E-state index in [2.05, 4.69) is 20.1 Å². The van der Waals surface area contributed by atoms with Crippen molar-refractivity contribution < 1.29 is 9.90 Å². The topological polar surface area (TPSA) is 68.7 Å². The van der Waals surface area contributed by atoms with Crippen molar-refractivity contribution in [1.29, 1.82) is 0 Å². The van der Waals surface area contributed by atoms with E-state index < -0.39 is 0 Å². The highest BCUT2D eigenvalue weighted by atomic mass is 16.3. The van der Waals surface area contributed by atoms with Crippen LogP contribution in [0.1, 0.15) is 19.3 Å². The third-order valence-corrected chi connectivity index (χ3v) is 4.58. The summed E-state index contributed by atoms with van der Waals surface area (Å²) in [6.45, 7) is 3.18. The second kappa shape index (κ2) is 7.07. The number of carbonyl (C=O) groups excluding carboxylic acids is 1. The van der Waals surface area contributed by atoms with Gasteiger partial charge < -0.3 is 15.3 Å². The number of hydrogen-bond acceptors (Lipinski definition) is 5. The third kappa shape index (κ3) is 3.56. The average molecular weight is 304 g/mol. The molecule has 3 heterocycles. The molecule has 2 saturated heterocycles. The fourth-order valence-corrected chi connectivity index (χ4v) is 3.39. The number of hydrogen-bond donors (Lipinski definition) is 2. The van der Waals surface area contributed by atoms with Crippen LogP contribution in [0, 0.1) is 0 Å². The van der Waals surface area contributed by atoms with Gasteiger partial charge >= 0.3 is 0 Å². The van der Waals surface area contributed by atoms with Crippen LogP contribution in [-0.4, -0.2) is 65.8 Å². The first-order valence-corrected chi connectivity index (χ1v) is 8.06. The molecule has 0 aromatic carbocycles. The summed E-state index contributed by atoms with van der Waals surface area (Å²) >= 11 is 0. The zero-order valence-corrected chi connectivity index (χ0v) is 12.8. The minimum atomic E-state index is 0.0632. The standard InChI is InChI=1S/C16H24N4O2/c21-12-14-4-3-8-19(14)11-16(22)18-13-6-9-20(10-13)15-5-1-2-7-17-15/h1-2,5,7,13-14,21H,3-4,6,8-12H2,(H,18,22)/t13-,14-/m1/s1. The summed E-state index contributed by atoms with van der Waals surface area (Å²) in [6.07, 6.45) is 4.80. The molecule has 3 rings (SSSR count). The SMILES string of the molecule is O=C(CN1CCC[C@@H]1CO)N[C@@H]1CCN(c2ccccn2)C1. The lowest BCUT2D eigenvalue weighted by Crippen LogP contribution is -2.45. The van der Waals surface area contributed by atoms with Gasteiger partial charge in [0.15, 0.2) is 0 Å². The molecule has 2 fully saturated rings. The molecule has 0 saturated carbocycles. The maximum atomic E-state index is 12.2. The predicted molar refractivity (Wildman–Crippen MR) is 84.7 cm³/mol. The Morgan fingerprint density at radius 1 is 1.36 bits per heavy atom. The van der Waals surface area contributed by atoms with Crippen LogP contribution < -0.4 is 10.2 Å². The van der Waals surface area contributed by atoms with Gasteiger partial charge in [-0.15, -0.1) is 0 Å². The summed E-state index contributed by atoms with van der Waals surface area (Å²) in [5.74, 6) is 1.03. The van der Waals surface area contributed by atoms with E-state index in [-0.39, 0.29) is 24.6 Å². The Labute approximate surface area is 131 Å². The van der Waals surface area contributed by atoms with Crippen molar-refractivity contribution in [3.63, 3.8) is 0 Å². The fraction of sp³-hybridized carbons (Fsp3) is 0.625. The van der Waals surface area contributed by atoms with Crippen molar-refractivity contribution in [2.45, 2.75) is 31.3 Å². The predicted octanol–water partition coefficient (Wildman–Crippen LogP) is 0.233. The highest BCUT2D eigenvalue weighted by Gasteiger charge is 2.28. The molecular formula is C16H24N4O2. The molecule has 0 radical (unpaired) electrons. The quantitative estimate of drug-likeness (QED) is 0.815. The normalized spacial score (nSPS) is 25.6. The summed E-state index contributed by atoms with van der Waals surface area (Å²) in [6, 6.07) is 6.23. The van der Waals surface area contributed by atoms with Gasteiger partial charge in [0.25, 0.3) is 0 Å². The lowest BCUT2D eigenvalue weighted by atomic mass is 10.2. The maximum absolute atomic E-state index is 12.2. The van der Waals surface area contributed by atoms with Gasteiger partial charge in [0.2, 0.25) is 5.91 Å². The van der Waals surface area contributed by atoms with Gasteiger partial charge in [-0.3, -0.25) is 9.69 Å². The van der Waals surface area contributed by atoms with Crippen molar-refractivity contribution in [1.82, 2.24) is 15.2 Å². The first-order chi connectivity index (χ1) is 10.8. The zero-order chi connectivity index (χ0) is 15.4. The number of anilines is 1. The van der Waals surface area contributed by atoms with Crippen molar-refractivity contribution in [2.24, 2.45) is 0 Å². The Bertz CT molecular complexity index is 496. The van der Waals surface area contributed by atoms with Crippen LogP contribution in [0.5, 0.6) is 0 Å². The second-order valence-electron chi connectivity index (χ2n) is 6.14. The number of likely N-dealkylation sites (tertiary alicyclic amines) is 1. The molecule has 0 aliphatic carbocycles. The number of aromatic nitrogens is 1. The smallest absolute Gasteiger partial charge is 0.234 e. The number of amides is 1. The number of rotatable bonds is 5. The Morgan fingerprint density at radius 2 is 2.27 bits per heavy atom. The van der Waals surface area contributed by atoms with Crippen LogP contribution in [0.3, 0.4) is 0 Å². The number of aliphatic hydroxyl groups is 1. The molecule has 1 amide bonds. The summed E-state index contributed by atoms with van der Waals surface area (Å²) in [7, 11) is 0.